The van der Waals surface area contributed by atoms with Gasteiger partial charge in [-0.3, -0.25) is 4.99 Å². The molecule has 0 saturated carbocycles. The maximum atomic E-state index is 5.75. The molecule has 2 nitrogen and oxygen atoms in total. The Kier molecular flexibility index (Phi) is 8.57. The molecule has 0 atom stereocenters. The van der Waals surface area contributed by atoms with Crippen molar-refractivity contribution in [3.8, 4) is 0 Å². The van der Waals surface area contributed by atoms with Crippen LogP contribution in [0.25, 0.3) is 0 Å². The number of halogens is 1. The van der Waals surface area contributed by atoms with E-state index in [4.69, 9.17) is 11.6 Å². The monoisotopic (exact) mass is 198 g/mol. The van der Waals surface area contributed by atoms with Gasteiger partial charge in [-0.2, -0.15) is 0 Å². The van der Waals surface area contributed by atoms with Crippen molar-refractivity contribution < 1.29 is 0 Å². The predicted molar refractivity (Wildman–Crippen MR) is 61.1 cm³/mol. The lowest BCUT2D eigenvalue weighted by atomic mass is 10.3. The number of hydrogen-bond donors (Lipinski definition) is 0. The summed E-state index contributed by atoms with van der Waals surface area (Å²) in [6, 6.07) is 0. The fraction of sp³-hybridized carbons (Fsp3) is 0.400. The second kappa shape index (κ2) is 9.20. The van der Waals surface area contributed by atoms with E-state index < -0.39 is 0 Å². The third-order valence-electron chi connectivity index (χ3n) is 1.33. The molecule has 0 aromatic rings. The van der Waals surface area contributed by atoms with Crippen LogP contribution in [-0.4, -0.2) is 26.5 Å². The van der Waals surface area contributed by atoms with Crippen LogP contribution in [0.5, 0.6) is 0 Å². The zero-order valence-corrected chi connectivity index (χ0v) is 8.67. The molecular formula is C10H15ClN2. The Hall–Kier alpha value is -0.890. The zero-order valence-electron chi connectivity index (χ0n) is 7.91. The van der Waals surface area contributed by atoms with Crippen LogP contribution in [0.3, 0.4) is 0 Å². The standard InChI is InChI=1S/C10H15ClN2/c1-12-8-6-4-3-5-7-10(11)9-13-2/h3,5,7,9H,1,4,6,8H2,2H3/b5-3+,10-7+,13-9?. The largest absolute Gasteiger partial charge is 0.301 e. The molecule has 0 bridgehead atoms. The fourth-order valence-electron chi connectivity index (χ4n) is 0.743. The van der Waals surface area contributed by atoms with Crippen LogP contribution in [0.4, 0.5) is 0 Å². The SMILES string of the molecule is C=NCCC/C=C/C=C(/Cl)C=NC. The highest BCUT2D eigenvalue weighted by molar-refractivity contribution is 6.39. The second-order valence-electron chi connectivity index (χ2n) is 2.46. The van der Waals surface area contributed by atoms with E-state index in [0.717, 1.165) is 19.4 Å². The molecule has 0 aliphatic heterocycles. The molecule has 0 amide bonds. The van der Waals surface area contributed by atoms with E-state index in [1.807, 2.05) is 12.2 Å². The topological polar surface area (TPSA) is 24.7 Å². The van der Waals surface area contributed by atoms with E-state index in [0.29, 0.717) is 5.03 Å². The Balaban J connectivity index is 3.60. The molecule has 3 heteroatoms. The van der Waals surface area contributed by atoms with Crippen molar-refractivity contribution in [2.45, 2.75) is 12.8 Å². The molecule has 0 rings (SSSR count). The molecule has 72 valence electrons. The van der Waals surface area contributed by atoms with Gasteiger partial charge in [-0.15, -0.1) is 0 Å². The molecule has 0 fully saturated rings. The Morgan fingerprint density at radius 3 is 2.92 bits per heavy atom. The van der Waals surface area contributed by atoms with Crippen molar-refractivity contribution >= 4 is 24.5 Å². The molecule has 0 saturated heterocycles. The number of nitrogens with zero attached hydrogens (tertiary/aromatic N) is 2. The zero-order chi connectivity index (χ0) is 9.94. The summed E-state index contributed by atoms with van der Waals surface area (Å²) in [7, 11) is 1.69. The molecule has 0 aromatic carbocycles. The molecule has 0 radical (unpaired) electrons. The first-order valence-electron chi connectivity index (χ1n) is 4.18. The lowest BCUT2D eigenvalue weighted by Crippen LogP contribution is -1.76. The van der Waals surface area contributed by atoms with Crippen LogP contribution in [-0.2, 0) is 0 Å². The summed E-state index contributed by atoms with van der Waals surface area (Å²) in [5, 5.41) is 0.639. The van der Waals surface area contributed by atoms with Gasteiger partial charge in [0.05, 0.1) is 5.03 Å². The summed E-state index contributed by atoms with van der Waals surface area (Å²) in [6.45, 7) is 4.22. The average Bonchev–Trinajstić information content (AvgIpc) is 2.11. The highest BCUT2D eigenvalue weighted by Crippen LogP contribution is 1.98. The van der Waals surface area contributed by atoms with Gasteiger partial charge in [0, 0.05) is 19.8 Å². The predicted octanol–water partition coefficient (Wildman–Crippen LogP) is 2.85. The molecule has 0 heterocycles. The Morgan fingerprint density at radius 1 is 1.54 bits per heavy atom. The number of rotatable bonds is 6. The number of allylic oxidation sites excluding steroid dienone is 4. The van der Waals surface area contributed by atoms with Crippen molar-refractivity contribution in [2.75, 3.05) is 13.6 Å². The summed E-state index contributed by atoms with van der Waals surface area (Å²) >= 11 is 5.75. The summed E-state index contributed by atoms with van der Waals surface area (Å²) < 4.78 is 0. The highest BCUT2D eigenvalue weighted by atomic mass is 35.5. The number of hydrogen-bond acceptors (Lipinski definition) is 2. The third kappa shape index (κ3) is 9.02. The Morgan fingerprint density at radius 2 is 2.31 bits per heavy atom. The highest BCUT2D eigenvalue weighted by Gasteiger charge is 1.81. The maximum absolute atomic E-state index is 5.75. The Bertz CT molecular complexity index is 217. The minimum Gasteiger partial charge on any atom is -0.301 e. The summed E-state index contributed by atoms with van der Waals surface area (Å²) in [6.07, 6.45) is 9.44. The van der Waals surface area contributed by atoms with E-state index >= 15 is 0 Å². The molecule has 13 heavy (non-hydrogen) atoms. The van der Waals surface area contributed by atoms with E-state index in [1.165, 1.54) is 0 Å². The van der Waals surface area contributed by atoms with Gasteiger partial charge in [0.15, 0.2) is 0 Å². The summed E-state index contributed by atoms with van der Waals surface area (Å²) in [4.78, 5) is 7.53. The van der Waals surface area contributed by atoms with Crippen LogP contribution >= 0.6 is 11.6 Å². The average molecular weight is 199 g/mol. The van der Waals surface area contributed by atoms with Gasteiger partial charge in [-0.05, 0) is 25.6 Å². The van der Waals surface area contributed by atoms with Gasteiger partial charge in [0.25, 0.3) is 0 Å². The smallest absolute Gasteiger partial charge is 0.0584 e. The van der Waals surface area contributed by atoms with Crippen LogP contribution in [0, 0.1) is 0 Å². The summed E-state index contributed by atoms with van der Waals surface area (Å²) in [5.41, 5.74) is 0. The first kappa shape index (κ1) is 12.1. The third-order valence-corrected chi connectivity index (χ3v) is 1.55. The minimum atomic E-state index is 0.639. The van der Waals surface area contributed by atoms with Crippen molar-refractivity contribution in [3.05, 3.63) is 23.3 Å². The molecular weight excluding hydrogens is 184 g/mol. The van der Waals surface area contributed by atoms with Crippen molar-refractivity contribution in [1.29, 1.82) is 0 Å². The first-order chi connectivity index (χ1) is 6.31. The van der Waals surface area contributed by atoms with E-state index in [1.54, 1.807) is 13.3 Å². The van der Waals surface area contributed by atoms with Gasteiger partial charge in [0.2, 0.25) is 0 Å². The van der Waals surface area contributed by atoms with Gasteiger partial charge < -0.3 is 4.99 Å². The molecule has 0 unspecified atom stereocenters. The molecule has 0 spiro atoms. The van der Waals surface area contributed by atoms with Crippen molar-refractivity contribution in [3.63, 3.8) is 0 Å². The van der Waals surface area contributed by atoms with Crippen molar-refractivity contribution in [1.82, 2.24) is 0 Å². The molecule has 0 aliphatic rings. The van der Waals surface area contributed by atoms with Gasteiger partial charge >= 0.3 is 0 Å². The normalized spacial score (nSPS) is 12.9. The van der Waals surface area contributed by atoms with Gasteiger partial charge in [0.1, 0.15) is 0 Å². The maximum Gasteiger partial charge on any atom is 0.0584 e. The fourth-order valence-corrected chi connectivity index (χ4v) is 0.914. The lowest BCUT2D eigenvalue weighted by molar-refractivity contribution is 0.860. The van der Waals surface area contributed by atoms with E-state index in [2.05, 4.69) is 22.8 Å². The van der Waals surface area contributed by atoms with Crippen LogP contribution < -0.4 is 0 Å². The van der Waals surface area contributed by atoms with Crippen LogP contribution in [0.1, 0.15) is 12.8 Å². The number of aliphatic imine (C=N–C) groups is 2. The van der Waals surface area contributed by atoms with E-state index in [-0.39, 0.29) is 0 Å². The quantitative estimate of drug-likeness (QED) is 0.356. The Labute approximate surface area is 84.7 Å². The first-order valence-corrected chi connectivity index (χ1v) is 4.56. The van der Waals surface area contributed by atoms with Crippen LogP contribution in [0.15, 0.2) is 33.2 Å². The van der Waals surface area contributed by atoms with E-state index in [9.17, 15) is 0 Å². The van der Waals surface area contributed by atoms with Crippen molar-refractivity contribution in [2.24, 2.45) is 9.98 Å². The minimum absolute atomic E-state index is 0.639. The summed E-state index contributed by atoms with van der Waals surface area (Å²) in [5.74, 6) is 0. The lowest BCUT2D eigenvalue weighted by Gasteiger charge is -1.87. The molecule has 0 aliphatic carbocycles. The molecule has 0 N–H and O–H groups in total. The molecule has 0 aromatic heterocycles. The number of unbranched alkanes of at least 4 members (excludes halogenated alkanes) is 1. The van der Waals surface area contributed by atoms with Gasteiger partial charge in [-0.1, -0.05) is 23.8 Å². The van der Waals surface area contributed by atoms with Crippen LogP contribution in [0.2, 0.25) is 0 Å². The second-order valence-corrected chi connectivity index (χ2v) is 2.89. The van der Waals surface area contributed by atoms with Gasteiger partial charge in [-0.25, -0.2) is 0 Å².